The fourth-order valence-corrected chi connectivity index (χ4v) is 1.81. The molecule has 0 spiro atoms. The number of carbonyl (C=O) groups is 2. The van der Waals surface area contributed by atoms with Gasteiger partial charge < -0.3 is 14.8 Å². The van der Waals surface area contributed by atoms with Gasteiger partial charge in [0.1, 0.15) is 6.04 Å². The molecule has 5 nitrogen and oxygen atoms in total. The van der Waals surface area contributed by atoms with E-state index in [0.29, 0.717) is 13.2 Å². The van der Waals surface area contributed by atoms with Gasteiger partial charge in [-0.3, -0.25) is 4.79 Å². The summed E-state index contributed by atoms with van der Waals surface area (Å²) < 4.78 is 9.87. The van der Waals surface area contributed by atoms with Gasteiger partial charge in [0.05, 0.1) is 19.6 Å². The van der Waals surface area contributed by atoms with E-state index in [1.54, 1.807) is 0 Å². The van der Waals surface area contributed by atoms with Crippen LogP contribution in [0, 0.1) is 11.8 Å². The van der Waals surface area contributed by atoms with Gasteiger partial charge in [0.25, 0.3) is 0 Å². The third-order valence-electron chi connectivity index (χ3n) is 3.27. The Morgan fingerprint density at radius 3 is 2.71 bits per heavy atom. The summed E-state index contributed by atoms with van der Waals surface area (Å²) >= 11 is 0. The molecule has 98 valence electrons. The minimum atomic E-state index is -0.557. The Bertz CT molecular complexity index is 274. The van der Waals surface area contributed by atoms with E-state index in [1.165, 1.54) is 7.11 Å². The second-order valence-corrected chi connectivity index (χ2v) is 4.46. The molecule has 1 amide bonds. The lowest BCUT2D eigenvalue weighted by Gasteiger charge is -2.23. The van der Waals surface area contributed by atoms with Crippen LogP contribution in [-0.2, 0) is 19.1 Å². The predicted octanol–water partition coefficient (Wildman–Crippen LogP) is 0.727. The smallest absolute Gasteiger partial charge is 0.328 e. The number of amides is 1. The van der Waals surface area contributed by atoms with Gasteiger partial charge in [0.2, 0.25) is 5.91 Å². The Kier molecular flexibility index (Phi) is 5.41. The fraction of sp³-hybridized carbons (Fsp3) is 0.833. The van der Waals surface area contributed by atoms with Gasteiger partial charge in [-0.25, -0.2) is 4.79 Å². The van der Waals surface area contributed by atoms with Crippen molar-refractivity contribution in [3.63, 3.8) is 0 Å². The van der Waals surface area contributed by atoms with Gasteiger partial charge in [-0.15, -0.1) is 0 Å². The highest BCUT2D eigenvalue weighted by molar-refractivity contribution is 5.86. The SMILES string of the molecule is CC[C@H](C)[C@H](NC(=O)[C@@H]1CCOC1)C(=O)OC. The van der Waals surface area contributed by atoms with Crippen molar-refractivity contribution in [3.05, 3.63) is 0 Å². The van der Waals surface area contributed by atoms with Gasteiger partial charge in [-0.05, 0) is 12.3 Å². The predicted molar refractivity (Wildman–Crippen MR) is 62.3 cm³/mol. The minimum absolute atomic E-state index is 0.0636. The highest BCUT2D eigenvalue weighted by Crippen LogP contribution is 2.15. The minimum Gasteiger partial charge on any atom is -0.467 e. The zero-order valence-corrected chi connectivity index (χ0v) is 10.7. The number of nitrogens with one attached hydrogen (secondary N) is 1. The van der Waals surface area contributed by atoms with Crippen molar-refractivity contribution >= 4 is 11.9 Å². The molecule has 1 saturated heterocycles. The number of esters is 1. The Morgan fingerprint density at radius 1 is 1.53 bits per heavy atom. The number of carbonyl (C=O) groups excluding carboxylic acids is 2. The van der Waals surface area contributed by atoms with Crippen LogP contribution in [-0.4, -0.2) is 38.2 Å². The monoisotopic (exact) mass is 243 g/mol. The molecule has 0 saturated carbocycles. The molecule has 0 radical (unpaired) electrons. The molecule has 0 aliphatic carbocycles. The zero-order valence-electron chi connectivity index (χ0n) is 10.7. The summed E-state index contributed by atoms with van der Waals surface area (Å²) in [6, 6.07) is -0.557. The summed E-state index contributed by atoms with van der Waals surface area (Å²) in [5, 5.41) is 2.77. The standard InChI is InChI=1S/C12H21NO4/c1-4-8(2)10(12(15)16-3)13-11(14)9-5-6-17-7-9/h8-10H,4-7H2,1-3H3,(H,13,14)/t8-,9+,10-/m0/s1. The Hall–Kier alpha value is -1.10. The number of rotatable bonds is 5. The summed E-state index contributed by atoms with van der Waals surface area (Å²) in [6.07, 6.45) is 1.53. The first-order valence-corrected chi connectivity index (χ1v) is 6.06. The van der Waals surface area contributed by atoms with Crippen LogP contribution in [0.4, 0.5) is 0 Å². The fourth-order valence-electron chi connectivity index (χ4n) is 1.81. The van der Waals surface area contributed by atoms with Crippen LogP contribution in [0.15, 0.2) is 0 Å². The van der Waals surface area contributed by atoms with E-state index in [0.717, 1.165) is 12.8 Å². The maximum atomic E-state index is 11.9. The molecule has 1 aliphatic rings. The third-order valence-corrected chi connectivity index (χ3v) is 3.27. The van der Waals surface area contributed by atoms with Crippen LogP contribution in [0.2, 0.25) is 0 Å². The molecule has 1 heterocycles. The lowest BCUT2D eigenvalue weighted by Crippen LogP contribution is -2.47. The van der Waals surface area contributed by atoms with Crippen LogP contribution in [0.1, 0.15) is 26.7 Å². The first-order chi connectivity index (χ1) is 8.10. The quantitative estimate of drug-likeness (QED) is 0.723. The summed E-state index contributed by atoms with van der Waals surface area (Å²) in [5.74, 6) is -0.565. The van der Waals surface area contributed by atoms with Crippen molar-refractivity contribution in [2.75, 3.05) is 20.3 Å². The molecule has 1 fully saturated rings. The van der Waals surface area contributed by atoms with Gasteiger partial charge in [-0.2, -0.15) is 0 Å². The third kappa shape index (κ3) is 3.70. The molecular formula is C12H21NO4. The molecule has 1 aliphatic heterocycles. The van der Waals surface area contributed by atoms with Crippen molar-refractivity contribution in [1.29, 1.82) is 0 Å². The molecule has 0 aromatic heterocycles. The molecule has 0 aromatic carbocycles. The van der Waals surface area contributed by atoms with E-state index in [-0.39, 0.29) is 23.7 Å². The number of ether oxygens (including phenoxy) is 2. The van der Waals surface area contributed by atoms with Crippen molar-refractivity contribution in [1.82, 2.24) is 5.32 Å². The molecule has 1 N–H and O–H groups in total. The summed E-state index contributed by atoms with van der Waals surface area (Å²) in [5.41, 5.74) is 0. The normalized spacial score (nSPS) is 22.9. The van der Waals surface area contributed by atoms with Gasteiger partial charge in [0, 0.05) is 6.61 Å². The number of hydrogen-bond acceptors (Lipinski definition) is 4. The number of hydrogen-bond donors (Lipinski definition) is 1. The molecular weight excluding hydrogens is 222 g/mol. The Labute approximate surface area is 102 Å². The van der Waals surface area contributed by atoms with Gasteiger partial charge >= 0.3 is 5.97 Å². The van der Waals surface area contributed by atoms with E-state index in [9.17, 15) is 9.59 Å². The topological polar surface area (TPSA) is 64.6 Å². The second-order valence-electron chi connectivity index (χ2n) is 4.46. The van der Waals surface area contributed by atoms with Gasteiger partial charge in [-0.1, -0.05) is 20.3 Å². The molecule has 17 heavy (non-hydrogen) atoms. The number of methoxy groups -OCH3 is 1. The molecule has 0 aromatic rings. The van der Waals surface area contributed by atoms with E-state index in [1.807, 2.05) is 13.8 Å². The summed E-state index contributed by atoms with van der Waals surface area (Å²) in [7, 11) is 1.34. The first kappa shape index (κ1) is 14.0. The molecule has 3 atom stereocenters. The molecule has 0 bridgehead atoms. The molecule has 5 heteroatoms. The maximum Gasteiger partial charge on any atom is 0.328 e. The first-order valence-electron chi connectivity index (χ1n) is 6.06. The van der Waals surface area contributed by atoms with Crippen LogP contribution >= 0.6 is 0 Å². The van der Waals surface area contributed by atoms with Crippen LogP contribution in [0.5, 0.6) is 0 Å². The van der Waals surface area contributed by atoms with Crippen molar-refractivity contribution in [2.24, 2.45) is 11.8 Å². The second kappa shape index (κ2) is 6.59. The van der Waals surface area contributed by atoms with Gasteiger partial charge in [0.15, 0.2) is 0 Å². The highest BCUT2D eigenvalue weighted by atomic mass is 16.5. The van der Waals surface area contributed by atoms with Crippen molar-refractivity contribution < 1.29 is 19.1 Å². The van der Waals surface area contributed by atoms with E-state index >= 15 is 0 Å². The summed E-state index contributed by atoms with van der Waals surface area (Å²) in [4.78, 5) is 23.5. The largest absolute Gasteiger partial charge is 0.467 e. The van der Waals surface area contributed by atoms with E-state index < -0.39 is 6.04 Å². The Morgan fingerprint density at radius 2 is 2.24 bits per heavy atom. The average molecular weight is 243 g/mol. The molecule has 0 unspecified atom stereocenters. The van der Waals surface area contributed by atoms with E-state index in [4.69, 9.17) is 9.47 Å². The highest BCUT2D eigenvalue weighted by Gasteiger charge is 2.31. The zero-order chi connectivity index (χ0) is 12.8. The van der Waals surface area contributed by atoms with Crippen molar-refractivity contribution in [2.45, 2.75) is 32.7 Å². The lowest BCUT2D eigenvalue weighted by atomic mass is 9.98. The molecule has 1 rings (SSSR count). The average Bonchev–Trinajstić information content (AvgIpc) is 2.87. The Balaban J connectivity index is 2.58. The lowest BCUT2D eigenvalue weighted by molar-refractivity contribution is -0.147. The maximum absolute atomic E-state index is 11.9. The van der Waals surface area contributed by atoms with Crippen molar-refractivity contribution in [3.8, 4) is 0 Å². The van der Waals surface area contributed by atoms with E-state index in [2.05, 4.69) is 5.32 Å². The van der Waals surface area contributed by atoms with Crippen LogP contribution in [0.3, 0.4) is 0 Å². The van der Waals surface area contributed by atoms with Crippen LogP contribution < -0.4 is 5.32 Å². The van der Waals surface area contributed by atoms with Crippen LogP contribution in [0.25, 0.3) is 0 Å². The summed E-state index contributed by atoms with van der Waals surface area (Å²) in [6.45, 7) is 4.96.